The molecule has 0 unspecified atom stereocenters. The largest absolute Gasteiger partial charge is 2.00 e. The molecule has 2 aromatic heterocycles. The first kappa shape index (κ1) is 57.6. The van der Waals surface area contributed by atoms with Crippen LogP contribution in [0.5, 0.6) is 11.8 Å². The summed E-state index contributed by atoms with van der Waals surface area (Å²) in [5.74, 6) is 0.378. The van der Waals surface area contributed by atoms with Crippen molar-refractivity contribution in [3.63, 3.8) is 0 Å². The molecule has 0 aliphatic rings. The maximum absolute atomic E-state index is 12.9. The maximum atomic E-state index is 12.9. The van der Waals surface area contributed by atoms with Crippen molar-refractivity contribution in [2.45, 2.75) is 54.8 Å². The van der Waals surface area contributed by atoms with Gasteiger partial charge in [0.05, 0.1) is 62.1 Å². The number of aromatic nitrogens is 4. The Hall–Kier alpha value is -4.39. The Morgan fingerprint density at radius 3 is 1.03 bits per heavy atom. The van der Waals surface area contributed by atoms with Gasteiger partial charge in [0, 0.05) is 23.6 Å². The molecule has 0 radical (unpaired) electrons. The van der Waals surface area contributed by atoms with Crippen LogP contribution in [0.3, 0.4) is 0 Å². The number of hydrogen-bond donors (Lipinski definition) is 4. The van der Waals surface area contributed by atoms with Crippen molar-refractivity contribution in [1.29, 1.82) is 0 Å². The smallest absolute Gasteiger partial charge is 0.858 e. The summed E-state index contributed by atoms with van der Waals surface area (Å²) in [7, 11) is 8.48. The van der Waals surface area contributed by atoms with Crippen molar-refractivity contribution in [2.24, 2.45) is 11.8 Å². The summed E-state index contributed by atoms with van der Waals surface area (Å²) in [6.45, 7) is 15.7. The van der Waals surface area contributed by atoms with Gasteiger partial charge in [0.25, 0.3) is 0 Å². The van der Waals surface area contributed by atoms with Gasteiger partial charge in [-0.25, -0.2) is 19.3 Å². The molecule has 14 heteroatoms. The molecule has 0 fully saturated rings. The van der Waals surface area contributed by atoms with Crippen molar-refractivity contribution < 1.29 is 40.2 Å². The van der Waals surface area contributed by atoms with Gasteiger partial charge in [-0.05, 0) is 38.1 Å². The van der Waals surface area contributed by atoms with Crippen LogP contribution < -0.4 is 40.2 Å². The molecule has 0 aliphatic heterocycles. The Balaban J connectivity index is 0.000000466. The van der Waals surface area contributed by atoms with Crippen LogP contribution in [0.4, 0.5) is 0 Å². The Labute approximate surface area is 413 Å². The molecule has 12 nitrogen and oxygen atoms in total. The van der Waals surface area contributed by atoms with Crippen molar-refractivity contribution in [1.82, 2.24) is 19.6 Å². The molecule has 4 aromatic carbocycles. The zero-order chi connectivity index (χ0) is 45.6. The van der Waals surface area contributed by atoms with Crippen LogP contribution in [0.1, 0.15) is 61.3 Å². The molecule has 6 rings (SSSR count). The third-order valence-corrected chi connectivity index (χ3v) is 9.63. The zero-order valence-electron chi connectivity index (χ0n) is 39.8. The Bertz CT molecular complexity index is 2070. The first-order valence-electron chi connectivity index (χ1n) is 21.4. The number of likely N-dealkylation sites (N-methyl/N-ethyl adjacent to an activating group) is 2. The number of benzene rings is 4. The standard InChI is InChI=1S/2C18H26N4O.2C7H7O.2Mg/c2*1-13(2)17(19-11-12-21(4)5)16-14(3)20-22(18(16)23)15-9-7-6-8-10-15;2*8-6-7-4-2-1-3-5-7;;/h2*6-10,13,23H,11-12H2,1-5H3;2*1-5H,6H2;;/q;;2*-1;2*+2/p+2. The SMILES string of the molecule is Cc1nn(-c2ccccc2)c([O-])c1C(=[NH+]CC[NH+](C)C)C(C)C.Cc1nn(-c2ccccc2)c([O-])c1C(=[NH+]CC[NH+](C)C)C(C)C.[Mg+2].[Mg+2].[O-]Cc1ccccc1.[O-]Cc1ccccc1. The van der Waals surface area contributed by atoms with E-state index in [1.165, 1.54) is 19.2 Å². The molecule has 0 saturated carbocycles. The molecule has 0 saturated heterocycles. The second kappa shape index (κ2) is 30.7. The molecule has 0 amide bonds. The van der Waals surface area contributed by atoms with Crippen LogP contribution in [-0.4, -0.2) is 131 Å². The van der Waals surface area contributed by atoms with E-state index in [2.05, 4.69) is 76.1 Å². The fourth-order valence-electron chi connectivity index (χ4n) is 6.33. The molecule has 4 N–H and O–H groups in total. The molecular weight excluding hydrogens is 825 g/mol. The van der Waals surface area contributed by atoms with E-state index in [-0.39, 0.29) is 82.9 Å². The third kappa shape index (κ3) is 18.6. The maximum Gasteiger partial charge on any atom is 2.00 e. The van der Waals surface area contributed by atoms with Gasteiger partial charge in [-0.2, -0.15) is 10.2 Å². The summed E-state index contributed by atoms with van der Waals surface area (Å²) in [6, 6.07) is 37.7. The second-order valence-electron chi connectivity index (χ2n) is 16.2. The molecular formula is C50H68Mg2N8O4+4. The topological polar surface area (TPSA) is 165 Å². The number of nitrogens with zero attached hydrogens (tertiary/aromatic N) is 4. The first-order valence-corrected chi connectivity index (χ1v) is 21.4. The molecule has 6 aromatic rings. The number of quaternary nitrogens is 2. The quantitative estimate of drug-likeness (QED) is 0.0744. The monoisotopic (exact) mass is 893 g/mol. The van der Waals surface area contributed by atoms with Gasteiger partial charge in [0.15, 0.2) is 24.5 Å². The van der Waals surface area contributed by atoms with E-state index in [0.29, 0.717) is 11.1 Å². The number of hydrogen-bond acceptors (Lipinski definition) is 6. The van der Waals surface area contributed by atoms with Crippen molar-refractivity contribution >= 4 is 57.5 Å². The minimum absolute atomic E-state index is 0. The summed E-state index contributed by atoms with van der Waals surface area (Å²) < 4.78 is 2.98. The normalized spacial score (nSPS) is 11.2. The molecule has 0 aliphatic carbocycles. The predicted molar refractivity (Wildman–Crippen MR) is 252 cm³/mol. The van der Waals surface area contributed by atoms with Gasteiger partial charge in [0.1, 0.15) is 13.1 Å². The minimum Gasteiger partial charge on any atom is -0.858 e. The van der Waals surface area contributed by atoms with Crippen LogP contribution in [0.15, 0.2) is 121 Å². The van der Waals surface area contributed by atoms with Gasteiger partial charge >= 0.3 is 46.1 Å². The van der Waals surface area contributed by atoms with E-state index in [1.54, 1.807) is 0 Å². The van der Waals surface area contributed by atoms with Gasteiger partial charge in [-0.15, -0.1) is 13.2 Å². The van der Waals surface area contributed by atoms with E-state index in [9.17, 15) is 20.4 Å². The van der Waals surface area contributed by atoms with Crippen LogP contribution in [0, 0.1) is 25.7 Å². The minimum atomic E-state index is -0.110. The number of aryl methyl sites for hydroxylation is 2. The summed E-state index contributed by atoms with van der Waals surface area (Å²) in [5.41, 5.74) is 8.22. The molecule has 0 atom stereocenters. The number of nitrogens with one attached hydrogen (secondary N) is 4. The number of para-hydroxylation sites is 2. The van der Waals surface area contributed by atoms with Gasteiger partial charge in [-0.1, -0.05) is 136 Å². The Morgan fingerprint density at radius 1 is 0.516 bits per heavy atom. The van der Waals surface area contributed by atoms with E-state index < -0.39 is 0 Å². The van der Waals surface area contributed by atoms with E-state index in [1.807, 2.05) is 135 Å². The van der Waals surface area contributed by atoms with Gasteiger partial charge in [0.2, 0.25) is 0 Å². The van der Waals surface area contributed by atoms with Crippen molar-refractivity contribution in [3.8, 4) is 23.1 Å². The summed E-state index contributed by atoms with van der Waals surface area (Å²) in [6.07, 6.45) is 0. The van der Waals surface area contributed by atoms with E-state index >= 15 is 0 Å². The molecule has 64 heavy (non-hydrogen) atoms. The summed E-state index contributed by atoms with van der Waals surface area (Å²) >= 11 is 0. The van der Waals surface area contributed by atoms with Gasteiger partial charge < -0.3 is 30.2 Å². The van der Waals surface area contributed by atoms with Crippen LogP contribution in [0.25, 0.3) is 11.4 Å². The molecule has 0 spiro atoms. The fourth-order valence-corrected chi connectivity index (χ4v) is 6.33. The Morgan fingerprint density at radius 2 is 0.797 bits per heavy atom. The summed E-state index contributed by atoms with van der Waals surface area (Å²) in [4.78, 5) is 9.66. The van der Waals surface area contributed by atoms with Crippen molar-refractivity contribution in [2.75, 3.05) is 54.4 Å². The van der Waals surface area contributed by atoms with Gasteiger partial charge in [-0.3, -0.25) is 0 Å². The first-order chi connectivity index (χ1) is 29.7. The molecule has 332 valence electrons. The van der Waals surface area contributed by atoms with Crippen LogP contribution >= 0.6 is 0 Å². The average Bonchev–Trinajstić information content (AvgIpc) is 3.74. The predicted octanol–water partition coefficient (Wildman–Crippen LogP) is -1.82. The van der Waals surface area contributed by atoms with Crippen LogP contribution in [0.2, 0.25) is 0 Å². The molecule has 2 heterocycles. The third-order valence-electron chi connectivity index (χ3n) is 9.63. The molecule has 0 bridgehead atoms. The fraction of sp³-hybridized carbons (Fsp3) is 0.360. The van der Waals surface area contributed by atoms with E-state index in [4.69, 9.17) is 0 Å². The zero-order valence-corrected chi connectivity index (χ0v) is 42.6. The Kier molecular flexibility index (Phi) is 27.6. The number of rotatable bonds is 14. The average molecular weight is 894 g/mol. The van der Waals surface area contributed by atoms with Crippen LogP contribution in [-0.2, 0) is 13.2 Å². The van der Waals surface area contributed by atoms with Crippen molar-refractivity contribution in [3.05, 3.63) is 155 Å². The van der Waals surface area contributed by atoms with E-state index in [0.717, 1.165) is 71.5 Å². The second-order valence-corrected chi connectivity index (χ2v) is 16.2. The summed E-state index contributed by atoms with van der Waals surface area (Å²) in [5, 5.41) is 54.9.